The van der Waals surface area contributed by atoms with Gasteiger partial charge in [0, 0.05) is 18.4 Å². The summed E-state index contributed by atoms with van der Waals surface area (Å²) in [5.41, 5.74) is 1.24. The molecule has 17 heavy (non-hydrogen) atoms. The van der Waals surface area contributed by atoms with Crippen LogP contribution in [0.1, 0.15) is 18.5 Å². The van der Waals surface area contributed by atoms with Crippen LogP contribution in [0, 0.1) is 0 Å². The monoisotopic (exact) mass is 245 g/mol. The summed E-state index contributed by atoms with van der Waals surface area (Å²) in [6.07, 6.45) is 3.64. The van der Waals surface area contributed by atoms with E-state index in [9.17, 15) is 0 Å². The van der Waals surface area contributed by atoms with Crippen LogP contribution in [-0.4, -0.2) is 17.0 Å². The van der Waals surface area contributed by atoms with Crippen molar-refractivity contribution in [3.05, 3.63) is 48.3 Å². The fourth-order valence-electron chi connectivity index (χ4n) is 1.43. The standard InChI is InChI=1S/C13H15N3S/c1-10(14-2)11-6-8-16-13(9-11)17-12-5-3-4-7-15-12/h3-10,14H,1-2H3. The summed E-state index contributed by atoms with van der Waals surface area (Å²) >= 11 is 1.58. The minimum absolute atomic E-state index is 0.334. The Morgan fingerprint density at radius 1 is 1.12 bits per heavy atom. The maximum Gasteiger partial charge on any atom is 0.102 e. The predicted octanol–water partition coefficient (Wildman–Crippen LogP) is 2.91. The minimum Gasteiger partial charge on any atom is -0.313 e. The Balaban J connectivity index is 2.17. The lowest BCUT2D eigenvalue weighted by Gasteiger charge is -2.10. The van der Waals surface area contributed by atoms with Crippen molar-refractivity contribution in [2.24, 2.45) is 0 Å². The Morgan fingerprint density at radius 2 is 1.94 bits per heavy atom. The number of nitrogens with one attached hydrogen (secondary N) is 1. The van der Waals surface area contributed by atoms with Crippen LogP contribution in [0.2, 0.25) is 0 Å². The van der Waals surface area contributed by atoms with Gasteiger partial charge in [-0.3, -0.25) is 0 Å². The number of hydrogen-bond donors (Lipinski definition) is 1. The summed E-state index contributed by atoms with van der Waals surface area (Å²) in [6, 6.07) is 10.3. The van der Waals surface area contributed by atoms with Gasteiger partial charge in [-0.25, -0.2) is 9.97 Å². The zero-order valence-electron chi connectivity index (χ0n) is 9.92. The van der Waals surface area contributed by atoms with Gasteiger partial charge in [0.25, 0.3) is 0 Å². The summed E-state index contributed by atoms with van der Waals surface area (Å²) in [5.74, 6) is 0. The van der Waals surface area contributed by atoms with Gasteiger partial charge in [0.05, 0.1) is 0 Å². The molecule has 0 radical (unpaired) electrons. The smallest absolute Gasteiger partial charge is 0.102 e. The predicted molar refractivity (Wildman–Crippen MR) is 70.1 cm³/mol. The van der Waals surface area contributed by atoms with Crippen LogP contribution in [-0.2, 0) is 0 Å². The Hall–Kier alpha value is -1.39. The Morgan fingerprint density at radius 3 is 2.65 bits per heavy atom. The molecule has 1 unspecified atom stereocenters. The molecular formula is C13H15N3S. The first kappa shape index (κ1) is 12.1. The summed E-state index contributed by atoms with van der Waals surface area (Å²) in [6.45, 7) is 2.13. The van der Waals surface area contributed by atoms with Crippen LogP contribution >= 0.6 is 11.8 Å². The van der Waals surface area contributed by atoms with Gasteiger partial charge in [0.2, 0.25) is 0 Å². The Kier molecular flexibility index (Phi) is 4.12. The summed E-state index contributed by atoms with van der Waals surface area (Å²) < 4.78 is 0. The van der Waals surface area contributed by atoms with Crippen LogP contribution in [0.4, 0.5) is 0 Å². The van der Waals surface area contributed by atoms with E-state index in [1.165, 1.54) is 5.56 Å². The Labute approximate surface area is 106 Å². The van der Waals surface area contributed by atoms with Crippen molar-refractivity contribution >= 4 is 11.8 Å². The fourth-order valence-corrected chi connectivity index (χ4v) is 2.21. The van der Waals surface area contributed by atoms with Crippen molar-refractivity contribution in [3.63, 3.8) is 0 Å². The summed E-state index contributed by atoms with van der Waals surface area (Å²) in [7, 11) is 1.96. The number of aromatic nitrogens is 2. The summed E-state index contributed by atoms with van der Waals surface area (Å²) in [4.78, 5) is 8.62. The molecule has 1 N–H and O–H groups in total. The SMILES string of the molecule is CNC(C)c1ccnc(Sc2ccccn2)c1. The highest BCUT2D eigenvalue weighted by molar-refractivity contribution is 7.99. The lowest BCUT2D eigenvalue weighted by atomic mass is 10.1. The third-order valence-corrected chi connectivity index (χ3v) is 3.42. The van der Waals surface area contributed by atoms with Crippen LogP contribution in [0.15, 0.2) is 52.8 Å². The second-order valence-corrected chi connectivity index (χ2v) is 4.75. The fraction of sp³-hybridized carbons (Fsp3) is 0.231. The van der Waals surface area contributed by atoms with Crippen molar-refractivity contribution in [2.75, 3.05) is 7.05 Å². The van der Waals surface area contributed by atoms with Gasteiger partial charge in [-0.15, -0.1) is 0 Å². The average molecular weight is 245 g/mol. The van der Waals surface area contributed by atoms with E-state index < -0.39 is 0 Å². The van der Waals surface area contributed by atoms with Gasteiger partial charge in [-0.05, 0) is 43.8 Å². The van der Waals surface area contributed by atoms with Crippen molar-refractivity contribution in [3.8, 4) is 0 Å². The average Bonchev–Trinajstić information content (AvgIpc) is 2.39. The van der Waals surface area contributed by atoms with Crippen molar-refractivity contribution in [1.82, 2.24) is 15.3 Å². The lowest BCUT2D eigenvalue weighted by molar-refractivity contribution is 0.649. The second kappa shape index (κ2) is 5.80. The maximum absolute atomic E-state index is 4.35. The number of hydrogen-bond acceptors (Lipinski definition) is 4. The zero-order chi connectivity index (χ0) is 12.1. The lowest BCUT2D eigenvalue weighted by Crippen LogP contribution is -2.12. The van der Waals surface area contributed by atoms with Gasteiger partial charge < -0.3 is 5.32 Å². The topological polar surface area (TPSA) is 37.8 Å². The van der Waals surface area contributed by atoms with E-state index in [1.807, 2.05) is 37.5 Å². The molecule has 0 amide bonds. The first-order valence-corrected chi connectivity index (χ1v) is 6.33. The quantitative estimate of drug-likeness (QED) is 0.898. The molecule has 0 aromatic carbocycles. The van der Waals surface area contributed by atoms with Crippen LogP contribution in [0.25, 0.3) is 0 Å². The molecule has 2 aromatic heterocycles. The molecule has 1 atom stereocenters. The molecule has 2 aromatic rings. The van der Waals surface area contributed by atoms with Crippen molar-refractivity contribution in [2.45, 2.75) is 23.0 Å². The molecule has 0 fully saturated rings. The molecule has 0 aliphatic carbocycles. The minimum atomic E-state index is 0.334. The largest absolute Gasteiger partial charge is 0.313 e. The zero-order valence-corrected chi connectivity index (χ0v) is 10.7. The maximum atomic E-state index is 4.35. The normalized spacial score (nSPS) is 12.4. The molecule has 2 rings (SSSR count). The van der Waals surface area contributed by atoms with E-state index in [4.69, 9.17) is 0 Å². The third kappa shape index (κ3) is 3.28. The van der Waals surface area contributed by atoms with Crippen LogP contribution in [0.3, 0.4) is 0 Å². The van der Waals surface area contributed by atoms with Gasteiger partial charge in [-0.1, -0.05) is 17.8 Å². The molecule has 0 aliphatic rings. The molecule has 0 saturated carbocycles. The molecule has 4 heteroatoms. The molecule has 88 valence electrons. The van der Waals surface area contributed by atoms with E-state index in [0.717, 1.165) is 10.1 Å². The first-order chi connectivity index (χ1) is 8.29. The van der Waals surface area contributed by atoms with Crippen LogP contribution in [0.5, 0.6) is 0 Å². The molecule has 0 spiro atoms. The van der Waals surface area contributed by atoms with E-state index in [0.29, 0.717) is 6.04 Å². The molecular weight excluding hydrogens is 230 g/mol. The molecule has 2 heterocycles. The molecule has 0 saturated heterocycles. The van der Waals surface area contributed by atoms with Crippen molar-refractivity contribution < 1.29 is 0 Å². The van der Waals surface area contributed by atoms with Gasteiger partial charge in [-0.2, -0.15) is 0 Å². The van der Waals surface area contributed by atoms with E-state index in [-0.39, 0.29) is 0 Å². The molecule has 3 nitrogen and oxygen atoms in total. The van der Waals surface area contributed by atoms with Crippen LogP contribution < -0.4 is 5.32 Å². The first-order valence-electron chi connectivity index (χ1n) is 5.51. The summed E-state index contributed by atoms with van der Waals surface area (Å²) in [5, 5.41) is 5.16. The highest BCUT2D eigenvalue weighted by atomic mass is 32.2. The number of nitrogens with zero attached hydrogens (tertiary/aromatic N) is 2. The second-order valence-electron chi connectivity index (χ2n) is 3.71. The van der Waals surface area contributed by atoms with Gasteiger partial charge in [0.1, 0.15) is 10.1 Å². The molecule has 0 bridgehead atoms. The van der Waals surface area contributed by atoms with Gasteiger partial charge >= 0.3 is 0 Å². The molecule has 0 aliphatic heterocycles. The Bertz CT molecular complexity index is 473. The third-order valence-electron chi connectivity index (χ3n) is 2.54. The van der Waals surface area contributed by atoms with E-state index >= 15 is 0 Å². The van der Waals surface area contributed by atoms with Gasteiger partial charge in [0.15, 0.2) is 0 Å². The van der Waals surface area contributed by atoms with E-state index in [1.54, 1.807) is 18.0 Å². The number of rotatable bonds is 4. The highest BCUT2D eigenvalue weighted by Crippen LogP contribution is 2.25. The highest BCUT2D eigenvalue weighted by Gasteiger charge is 2.05. The van der Waals surface area contributed by atoms with Crippen molar-refractivity contribution in [1.29, 1.82) is 0 Å². The van der Waals surface area contributed by atoms with E-state index in [2.05, 4.69) is 28.3 Å². The number of pyridine rings is 2.